The second kappa shape index (κ2) is 5.44. The molecular formula is C11H18N4O. The van der Waals surface area contributed by atoms with Gasteiger partial charge in [-0.15, -0.1) is 5.10 Å². The van der Waals surface area contributed by atoms with Crippen LogP contribution in [0.1, 0.15) is 19.5 Å². The molecule has 16 heavy (non-hydrogen) atoms. The molecule has 0 spiro atoms. The van der Waals surface area contributed by atoms with E-state index in [9.17, 15) is 4.79 Å². The lowest BCUT2D eigenvalue weighted by atomic mass is 10.3. The number of nitrogens with one attached hydrogen (secondary N) is 1. The largest absolute Gasteiger partial charge is 0.357 e. The molecule has 0 saturated heterocycles. The maximum Gasteiger partial charge on any atom is 0.244 e. The zero-order valence-electron chi connectivity index (χ0n) is 10.2. The van der Waals surface area contributed by atoms with Gasteiger partial charge in [0.1, 0.15) is 11.9 Å². The molecule has 0 fully saturated rings. The summed E-state index contributed by atoms with van der Waals surface area (Å²) in [5, 5.41) is 10.9. The van der Waals surface area contributed by atoms with Crippen LogP contribution in [0.5, 0.6) is 0 Å². The molecular weight excluding hydrogens is 204 g/mol. The number of hydrogen-bond donors (Lipinski definition) is 1. The Morgan fingerprint density at radius 1 is 1.50 bits per heavy atom. The minimum absolute atomic E-state index is 0.0462. The highest BCUT2D eigenvalue weighted by Crippen LogP contribution is 2.04. The van der Waals surface area contributed by atoms with E-state index in [0.29, 0.717) is 12.4 Å². The van der Waals surface area contributed by atoms with Crippen LogP contribution in [-0.4, -0.2) is 40.6 Å². The number of carbonyl (C=O) groups is 1. The third-order valence-electron chi connectivity index (χ3n) is 2.38. The molecule has 1 rings (SSSR count). The highest BCUT2D eigenvalue weighted by Gasteiger charge is 2.16. The Labute approximate surface area is 95.9 Å². The number of rotatable bonds is 4. The van der Waals surface area contributed by atoms with E-state index in [4.69, 9.17) is 0 Å². The molecule has 5 nitrogen and oxygen atoms in total. The van der Waals surface area contributed by atoms with Gasteiger partial charge in [-0.1, -0.05) is 0 Å². The summed E-state index contributed by atoms with van der Waals surface area (Å²) in [5.41, 5.74) is 0.857. The lowest BCUT2D eigenvalue weighted by molar-refractivity contribution is -0.130. The van der Waals surface area contributed by atoms with E-state index in [1.54, 1.807) is 11.9 Å². The quantitative estimate of drug-likeness (QED) is 0.827. The Hall–Kier alpha value is -1.65. The fraction of sp³-hybridized carbons (Fsp3) is 0.545. The number of likely N-dealkylation sites (N-methyl/N-ethyl adjacent to an activating group) is 1. The van der Waals surface area contributed by atoms with E-state index in [1.165, 1.54) is 0 Å². The van der Waals surface area contributed by atoms with E-state index in [2.05, 4.69) is 15.5 Å². The van der Waals surface area contributed by atoms with Gasteiger partial charge in [-0.25, -0.2) is 0 Å². The Balaban J connectivity index is 2.60. The summed E-state index contributed by atoms with van der Waals surface area (Å²) >= 11 is 0. The first-order valence-electron chi connectivity index (χ1n) is 5.36. The molecule has 0 aromatic carbocycles. The van der Waals surface area contributed by atoms with Crippen molar-refractivity contribution in [3.05, 3.63) is 17.8 Å². The summed E-state index contributed by atoms with van der Waals surface area (Å²) in [5.74, 6) is 0.667. The Morgan fingerprint density at radius 2 is 2.19 bits per heavy atom. The summed E-state index contributed by atoms with van der Waals surface area (Å²) in [6.07, 6.45) is 0. The Bertz CT molecular complexity index is 350. The third-order valence-corrected chi connectivity index (χ3v) is 2.38. The van der Waals surface area contributed by atoms with Crippen molar-refractivity contribution >= 4 is 11.7 Å². The van der Waals surface area contributed by atoms with Crippen LogP contribution in [0.2, 0.25) is 0 Å². The molecule has 1 heterocycles. The van der Waals surface area contributed by atoms with E-state index >= 15 is 0 Å². The van der Waals surface area contributed by atoms with Crippen LogP contribution in [0.15, 0.2) is 12.1 Å². The molecule has 5 heteroatoms. The van der Waals surface area contributed by atoms with Crippen molar-refractivity contribution in [1.82, 2.24) is 15.1 Å². The van der Waals surface area contributed by atoms with Gasteiger partial charge < -0.3 is 10.2 Å². The van der Waals surface area contributed by atoms with Gasteiger partial charge in [0.25, 0.3) is 0 Å². The maximum absolute atomic E-state index is 11.8. The molecule has 1 atom stereocenters. The monoisotopic (exact) mass is 222 g/mol. The predicted molar refractivity (Wildman–Crippen MR) is 63.2 cm³/mol. The zero-order valence-corrected chi connectivity index (χ0v) is 10.2. The van der Waals surface area contributed by atoms with E-state index in [1.807, 2.05) is 32.9 Å². The van der Waals surface area contributed by atoms with Crippen LogP contribution >= 0.6 is 0 Å². The summed E-state index contributed by atoms with van der Waals surface area (Å²) in [6.45, 7) is 6.33. The average molecular weight is 222 g/mol. The van der Waals surface area contributed by atoms with Crippen LogP contribution in [0, 0.1) is 6.92 Å². The highest BCUT2D eigenvalue weighted by atomic mass is 16.2. The van der Waals surface area contributed by atoms with Crippen LogP contribution in [-0.2, 0) is 4.79 Å². The first kappa shape index (κ1) is 12.4. The van der Waals surface area contributed by atoms with Crippen molar-refractivity contribution in [2.45, 2.75) is 26.8 Å². The van der Waals surface area contributed by atoms with Crippen molar-refractivity contribution in [2.75, 3.05) is 18.9 Å². The number of anilines is 1. The summed E-state index contributed by atoms with van der Waals surface area (Å²) in [6, 6.07) is 3.38. The molecule has 0 bridgehead atoms. The van der Waals surface area contributed by atoms with Crippen molar-refractivity contribution in [3.8, 4) is 0 Å². The van der Waals surface area contributed by atoms with Gasteiger partial charge in [0.05, 0.1) is 5.69 Å². The molecule has 0 radical (unpaired) electrons. The van der Waals surface area contributed by atoms with Gasteiger partial charge in [0.2, 0.25) is 5.91 Å². The van der Waals surface area contributed by atoms with Crippen molar-refractivity contribution < 1.29 is 4.79 Å². The number of aryl methyl sites for hydroxylation is 1. The fourth-order valence-corrected chi connectivity index (χ4v) is 1.25. The summed E-state index contributed by atoms with van der Waals surface area (Å²) in [4.78, 5) is 13.4. The van der Waals surface area contributed by atoms with Crippen molar-refractivity contribution in [2.24, 2.45) is 0 Å². The number of hydrogen-bond acceptors (Lipinski definition) is 4. The summed E-state index contributed by atoms with van der Waals surface area (Å²) in [7, 11) is 1.78. The lowest BCUT2D eigenvalue weighted by Gasteiger charge is -2.20. The molecule has 88 valence electrons. The van der Waals surface area contributed by atoms with E-state index in [0.717, 1.165) is 5.69 Å². The first-order chi connectivity index (χ1) is 7.54. The topological polar surface area (TPSA) is 58.1 Å². The van der Waals surface area contributed by atoms with Gasteiger partial charge in [-0.3, -0.25) is 4.79 Å². The fourth-order valence-electron chi connectivity index (χ4n) is 1.25. The molecule has 1 N–H and O–H groups in total. The molecule has 0 aliphatic carbocycles. The molecule has 0 aliphatic rings. The van der Waals surface area contributed by atoms with Gasteiger partial charge in [-0.05, 0) is 32.9 Å². The van der Waals surface area contributed by atoms with Gasteiger partial charge in [0.15, 0.2) is 0 Å². The maximum atomic E-state index is 11.8. The summed E-state index contributed by atoms with van der Waals surface area (Å²) < 4.78 is 0. The number of amides is 1. The van der Waals surface area contributed by atoms with Crippen molar-refractivity contribution in [3.63, 3.8) is 0 Å². The predicted octanol–water partition coefficient (Wildman–Crippen LogP) is 1.06. The SMILES string of the molecule is CCN(C)C(=O)C(C)Nc1ccc(C)nn1. The highest BCUT2D eigenvalue weighted by molar-refractivity contribution is 5.83. The zero-order chi connectivity index (χ0) is 12.1. The third kappa shape index (κ3) is 3.18. The van der Waals surface area contributed by atoms with Crippen LogP contribution < -0.4 is 5.32 Å². The minimum Gasteiger partial charge on any atom is -0.357 e. The van der Waals surface area contributed by atoms with Crippen molar-refractivity contribution in [1.29, 1.82) is 0 Å². The van der Waals surface area contributed by atoms with Crippen LogP contribution in [0.3, 0.4) is 0 Å². The Morgan fingerprint density at radius 3 is 2.69 bits per heavy atom. The first-order valence-corrected chi connectivity index (χ1v) is 5.36. The number of nitrogens with zero attached hydrogens (tertiary/aromatic N) is 3. The number of carbonyl (C=O) groups excluding carboxylic acids is 1. The second-order valence-electron chi connectivity index (χ2n) is 3.78. The van der Waals surface area contributed by atoms with Crippen LogP contribution in [0.25, 0.3) is 0 Å². The molecule has 1 aromatic heterocycles. The molecule has 0 aliphatic heterocycles. The average Bonchev–Trinajstić information content (AvgIpc) is 2.30. The molecule has 1 unspecified atom stereocenters. The smallest absolute Gasteiger partial charge is 0.244 e. The second-order valence-corrected chi connectivity index (χ2v) is 3.78. The molecule has 1 aromatic rings. The molecule has 1 amide bonds. The normalized spacial score (nSPS) is 12.0. The van der Waals surface area contributed by atoms with Gasteiger partial charge >= 0.3 is 0 Å². The van der Waals surface area contributed by atoms with E-state index in [-0.39, 0.29) is 11.9 Å². The van der Waals surface area contributed by atoms with E-state index < -0.39 is 0 Å². The minimum atomic E-state index is -0.290. The lowest BCUT2D eigenvalue weighted by Crippen LogP contribution is -2.39. The van der Waals surface area contributed by atoms with Crippen LogP contribution in [0.4, 0.5) is 5.82 Å². The standard InChI is InChI=1S/C11H18N4O/c1-5-15(4)11(16)9(3)12-10-7-6-8(2)13-14-10/h6-7,9H,5H2,1-4H3,(H,12,14). The Kier molecular flexibility index (Phi) is 4.22. The van der Waals surface area contributed by atoms with Gasteiger partial charge in [-0.2, -0.15) is 5.10 Å². The molecule has 0 saturated carbocycles. The van der Waals surface area contributed by atoms with Gasteiger partial charge in [0, 0.05) is 13.6 Å². The number of aromatic nitrogens is 2.